The molecular weight excluding hydrogens is 668 g/mol. The van der Waals surface area contributed by atoms with E-state index in [0.717, 1.165) is 29.5 Å². The monoisotopic (exact) mass is 712 g/mol. The number of carbonyl (C=O) groups is 3. The van der Waals surface area contributed by atoms with Crippen LogP contribution in [0.5, 0.6) is 28.7 Å². The number of carbonyl (C=O) groups excluding carboxylic acids is 3. The Morgan fingerprint density at radius 3 is 2.04 bits per heavy atom. The Kier molecular flexibility index (Phi) is 11.6. The fourth-order valence-corrected chi connectivity index (χ4v) is 6.34. The Morgan fingerprint density at radius 2 is 1.38 bits per heavy atom. The lowest BCUT2D eigenvalue weighted by Crippen LogP contribution is -2.24. The standard InChI is InChI=1S/C45H44O8/c1-28(2)13-12-14-30(5)20-22-34-33(23-24-37-42(34)50-27-49-37)38-25-36(46)41-40(51-38)26-39(52-44(47)31-15-8-6-9-16-31)35(21-19-29(3)4)43(41)53-45(48)32-17-10-7-11-18-32/h6-11,13,15-20,23-24,26,38H,12,14,21-22,25,27H2,1-5H3/b30-20+. The van der Waals surface area contributed by atoms with Gasteiger partial charge >= 0.3 is 11.9 Å². The molecule has 2 aliphatic heterocycles. The molecule has 0 fully saturated rings. The number of hydrogen-bond acceptors (Lipinski definition) is 8. The van der Waals surface area contributed by atoms with Crippen molar-refractivity contribution in [2.45, 2.75) is 72.8 Å². The van der Waals surface area contributed by atoms with Crippen LogP contribution in [0.25, 0.3) is 0 Å². The first-order valence-electron chi connectivity index (χ1n) is 17.9. The molecule has 4 aromatic carbocycles. The predicted octanol–water partition coefficient (Wildman–Crippen LogP) is 10.3. The maximum absolute atomic E-state index is 14.4. The molecule has 1 unspecified atom stereocenters. The molecule has 0 amide bonds. The van der Waals surface area contributed by atoms with Crippen molar-refractivity contribution in [1.29, 1.82) is 0 Å². The van der Waals surface area contributed by atoms with Crippen LogP contribution in [-0.4, -0.2) is 24.5 Å². The molecule has 0 aliphatic carbocycles. The van der Waals surface area contributed by atoms with Crippen molar-refractivity contribution in [2.24, 2.45) is 0 Å². The van der Waals surface area contributed by atoms with Gasteiger partial charge in [0.25, 0.3) is 0 Å². The van der Waals surface area contributed by atoms with Gasteiger partial charge in [-0.05, 0) is 90.6 Å². The molecule has 2 aliphatic rings. The fourth-order valence-electron chi connectivity index (χ4n) is 6.34. The summed E-state index contributed by atoms with van der Waals surface area (Å²) in [6, 6.07) is 22.4. The van der Waals surface area contributed by atoms with Crippen LogP contribution in [0, 0.1) is 0 Å². The highest BCUT2D eigenvalue weighted by Gasteiger charge is 2.37. The molecule has 8 nitrogen and oxygen atoms in total. The first-order chi connectivity index (χ1) is 25.6. The summed E-state index contributed by atoms with van der Waals surface area (Å²) in [7, 11) is 0. The molecular formula is C45H44O8. The van der Waals surface area contributed by atoms with E-state index < -0.39 is 18.0 Å². The lowest BCUT2D eigenvalue weighted by Gasteiger charge is -2.30. The Morgan fingerprint density at radius 1 is 0.736 bits per heavy atom. The molecule has 0 saturated heterocycles. The third-order valence-corrected chi connectivity index (χ3v) is 9.13. The highest BCUT2D eigenvalue weighted by atomic mass is 16.7. The van der Waals surface area contributed by atoms with Crippen LogP contribution in [0.2, 0.25) is 0 Å². The second kappa shape index (κ2) is 16.6. The van der Waals surface area contributed by atoms with Gasteiger partial charge in [0, 0.05) is 22.8 Å². The molecule has 0 spiro atoms. The quantitative estimate of drug-likeness (QED) is 0.0813. The molecule has 6 rings (SSSR count). The minimum Gasteiger partial charge on any atom is -0.484 e. The number of fused-ring (bicyclic) bond motifs is 2. The molecule has 0 N–H and O–H groups in total. The van der Waals surface area contributed by atoms with E-state index in [1.807, 2.05) is 38.1 Å². The van der Waals surface area contributed by atoms with E-state index >= 15 is 0 Å². The number of Topliss-reactive ketones (excluding diaryl/α,β-unsaturated/α-hetero) is 1. The van der Waals surface area contributed by atoms with E-state index in [9.17, 15) is 14.4 Å². The number of esters is 2. The van der Waals surface area contributed by atoms with Gasteiger partial charge in [0.05, 0.1) is 17.5 Å². The molecule has 0 aromatic heterocycles. The second-order valence-corrected chi connectivity index (χ2v) is 13.7. The van der Waals surface area contributed by atoms with Crippen LogP contribution in [0.1, 0.15) is 108 Å². The van der Waals surface area contributed by atoms with E-state index in [2.05, 4.69) is 32.9 Å². The number of hydrogen-bond donors (Lipinski definition) is 0. The van der Waals surface area contributed by atoms with Gasteiger partial charge in [-0.15, -0.1) is 0 Å². The van der Waals surface area contributed by atoms with Crippen molar-refractivity contribution in [2.75, 3.05) is 6.79 Å². The van der Waals surface area contributed by atoms with Crippen LogP contribution < -0.4 is 23.7 Å². The van der Waals surface area contributed by atoms with Crippen LogP contribution in [-0.2, 0) is 12.8 Å². The molecule has 4 aromatic rings. The highest BCUT2D eigenvalue weighted by molar-refractivity contribution is 6.05. The van der Waals surface area contributed by atoms with Gasteiger partial charge in [0.2, 0.25) is 6.79 Å². The minimum atomic E-state index is -0.710. The first-order valence-corrected chi connectivity index (χ1v) is 17.9. The van der Waals surface area contributed by atoms with Crippen LogP contribution in [0.4, 0.5) is 0 Å². The average Bonchev–Trinajstić information content (AvgIpc) is 3.63. The molecule has 272 valence electrons. The summed E-state index contributed by atoms with van der Waals surface area (Å²) in [5.74, 6) is 0.0138. The maximum atomic E-state index is 14.4. The van der Waals surface area contributed by atoms with Gasteiger partial charge in [0.1, 0.15) is 23.2 Å². The third kappa shape index (κ3) is 8.78. The molecule has 0 saturated carbocycles. The van der Waals surface area contributed by atoms with Gasteiger partial charge in [0.15, 0.2) is 23.0 Å². The summed E-state index contributed by atoms with van der Waals surface area (Å²) < 4.78 is 30.5. The van der Waals surface area contributed by atoms with Crippen LogP contribution >= 0.6 is 0 Å². The number of rotatable bonds is 12. The van der Waals surface area contributed by atoms with Crippen molar-refractivity contribution in [1.82, 2.24) is 0 Å². The molecule has 2 heterocycles. The van der Waals surface area contributed by atoms with Crippen molar-refractivity contribution < 1.29 is 38.1 Å². The summed E-state index contributed by atoms with van der Waals surface area (Å²) in [6.45, 7) is 10.3. The van der Waals surface area contributed by atoms with Gasteiger partial charge in [-0.25, -0.2) is 9.59 Å². The maximum Gasteiger partial charge on any atom is 0.343 e. The van der Waals surface area contributed by atoms with Crippen molar-refractivity contribution >= 4 is 17.7 Å². The molecule has 53 heavy (non-hydrogen) atoms. The van der Waals surface area contributed by atoms with Crippen molar-refractivity contribution in [3.05, 3.63) is 147 Å². The van der Waals surface area contributed by atoms with E-state index in [1.165, 1.54) is 11.1 Å². The summed E-state index contributed by atoms with van der Waals surface area (Å²) in [5, 5.41) is 0. The zero-order valence-electron chi connectivity index (χ0n) is 30.8. The van der Waals surface area contributed by atoms with E-state index in [-0.39, 0.29) is 48.2 Å². The Bertz CT molecular complexity index is 2100. The molecule has 0 radical (unpaired) electrons. The van der Waals surface area contributed by atoms with Gasteiger partial charge < -0.3 is 23.7 Å². The number of ether oxygens (including phenoxy) is 5. The topological polar surface area (TPSA) is 97.4 Å². The SMILES string of the molecule is CC(C)=CCC/C(C)=C/Cc1c(C2CC(=O)c3c(cc(OC(=O)c4ccccc4)c(CC=C(C)C)c3OC(=O)c3ccccc3)O2)ccc2c1OCO2. The Labute approximate surface area is 310 Å². The van der Waals surface area contributed by atoms with Crippen molar-refractivity contribution in [3.8, 4) is 28.7 Å². The lowest BCUT2D eigenvalue weighted by molar-refractivity contribution is 0.0720. The van der Waals surface area contributed by atoms with Gasteiger partial charge in [-0.3, -0.25) is 4.79 Å². The first kappa shape index (κ1) is 36.9. The third-order valence-electron chi connectivity index (χ3n) is 9.13. The smallest absolute Gasteiger partial charge is 0.343 e. The molecule has 1 atom stereocenters. The zero-order chi connectivity index (χ0) is 37.5. The normalized spacial score (nSPS) is 14.5. The highest BCUT2D eigenvalue weighted by Crippen LogP contribution is 2.48. The number of ketones is 1. The zero-order valence-corrected chi connectivity index (χ0v) is 30.8. The van der Waals surface area contributed by atoms with Gasteiger partial charge in [-0.2, -0.15) is 0 Å². The summed E-state index contributed by atoms with van der Waals surface area (Å²) in [6.07, 6.45) is 8.23. The number of benzene rings is 4. The van der Waals surface area contributed by atoms with E-state index in [4.69, 9.17) is 23.7 Å². The lowest BCUT2D eigenvalue weighted by atomic mass is 9.89. The second-order valence-electron chi connectivity index (χ2n) is 13.7. The van der Waals surface area contributed by atoms with E-state index in [0.29, 0.717) is 34.6 Å². The molecule has 8 heteroatoms. The largest absolute Gasteiger partial charge is 0.484 e. The molecule has 0 bridgehead atoms. The summed E-state index contributed by atoms with van der Waals surface area (Å²) >= 11 is 0. The predicted molar refractivity (Wildman–Crippen MR) is 203 cm³/mol. The average molecular weight is 713 g/mol. The Hall–Kier alpha value is -5.89. The van der Waals surface area contributed by atoms with Crippen LogP contribution in [0.15, 0.2) is 114 Å². The van der Waals surface area contributed by atoms with Gasteiger partial charge in [-0.1, -0.05) is 77.4 Å². The van der Waals surface area contributed by atoms with Crippen molar-refractivity contribution in [3.63, 3.8) is 0 Å². The fraction of sp³-hybridized carbons (Fsp3) is 0.267. The Balaban J connectivity index is 1.44. The minimum absolute atomic E-state index is 0.00833. The summed E-state index contributed by atoms with van der Waals surface area (Å²) in [4.78, 5) is 41.4. The van der Waals surface area contributed by atoms with E-state index in [1.54, 1.807) is 60.7 Å². The summed E-state index contributed by atoms with van der Waals surface area (Å²) in [5.41, 5.74) is 6.30. The number of allylic oxidation sites excluding steroid dienone is 6. The van der Waals surface area contributed by atoms with Crippen LogP contribution in [0.3, 0.4) is 0 Å².